The van der Waals surface area contributed by atoms with Crippen molar-refractivity contribution in [1.82, 2.24) is 4.90 Å². The Hall–Kier alpha value is -2.17. The molecule has 0 bridgehead atoms. The first-order valence-electron chi connectivity index (χ1n) is 9.17. The van der Waals surface area contributed by atoms with E-state index in [1.54, 1.807) is 0 Å². The van der Waals surface area contributed by atoms with Crippen LogP contribution in [0.3, 0.4) is 0 Å². The van der Waals surface area contributed by atoms with Gasteiger partial charge in [-0.1, -0.05) is 31.0 Å². The van der Waals surface area contributed by atoms with E-state index < -0.39 is 0 Å². The molecule has 1 heterocycles. The van der Waals surface area contributed by atoms with E-state index in [2.05, 4.69) is 5.32 Å². The number of amides is 2. The minimum Gasteiger partial charge on any atom is -0.378 e. The number of likely N-dealkylation sites (tertiary alicyclic amines) is 1. The largest absolute Gasteiger partial charge is 0.378 e. The molecule has 1 unspecified atom stereocenters. The summed E-state index contributed by atoms with van der Waals surface area (Å²) >= 11 is 0. The number of aryl methyl sites for hydroxylation is 1. The highest BCUT2D eigenvalue weighted by Gasteiger charge is 2.36. The number of carbonyl (C=O) groups is 3. The topological polar surface area (TPSA) is 66.5 Å². The molecule has 1 aliphatic heterocycles. The number of anilines is 1. The number of unbranched alkanes of at least 4 members (excludes halogenated alkanes) is 2. The van der Waals surface area contributed by atoms with Gasteiger partial charge >= 0.3 is 0 Å². The molecule has 1 atom stereocenters. The van der Waals surface area contributed by atoms with Crippen LogP contribution in [0.2, 0.25) is 0 Å². The van der Waals surface area contributed by atoms with Gasteiger partial charge in [0.1, 0.15) is 0 Å². The molecule has 2 rings (SSSR count). The Morgan fingerprint density at radius 1 is 1.16 bits per heavy atom. The molecule has 0 saturated carbocycles. The van der Waals surface area contributed by atoms with Crippen molar-refractivity contribution in [2.24, 2.45) is 5.92 Å². The number of imide groups is 1. The molecule has 2 amide bonds. The third-order valence-electron chi connectivity index (χ3n) is 4.71. The monoisotopic (exact) mass is 344 g/mol. The maximum atomic E-state index is 12.0. The van der Waals surface area contributed by atoms with Crippen molar-refractivity contribution >= 4 is 23.3 Å². The molecule has 1 fully saturated rings. The minimum atomic E-state index is -0.123. The van der Waals surface area contributed by atoms with Crippen LogP contribution in [0.5, 0.6) is 0 Å². The fourth-order valence-electron chi connectivity index (χ4n) is 3.03. The van der Waals surface area contributed by atoms with Crippen LogP contribution in [0.1, 0.15) is 51.0 Å². The van der Waals surface area contributed by atoms with Crippen LogP contribution in [-0.4, -0.2) is 35.6 Å². The Labute approximate surface area is 149 Å². The molecule has 0 aliphatic carbocycles. The van der Waals surface area contributed by atoms with Crippen molar-refractivity contribution in [2.45, 2.75) is 52.4 Å². The van der Waals surface area contributed by atoms with Crippen LogP contribution in [0.4, 0.5) is 5.69 Å². The van der Waals surface area contributed by atoms with Crippen molar-refractivity contribution in [2.75, 3.05) is 18.4 Å². The lowest BCUT2D eigenvalue weighted by molar-refractivity contribution is -0.139. The lowest BCUT2D eigenvalue weighted by Crippen LogP contribution is -2.31. The van der Waals surface area contributed by atoms with Gasteiger partial charge in [-0.25, -0.2) is 0 Å². The third-order valence-corrected chi connectivity index (χ3v) is 4.71. The van der Waals surface area contributed by atoms with Crippen LogP contribution in [0.15, 0.2) is 24.3 Å². The lowest BCUT2D eigenvalue weighted by Gasteiger charge is -2.14. The minimum absolute atomic E-state index is 0.0223. The number of ketones is 1. The maximum absolute atomic E-state index is 12.0. The zero-order chi connectivity index (χ0) is 18.2. The number of hydrogen-bond donors (Lipinski definition) is 1. The van der Waals surface area contributed by atoms with E-state index in [1.165, 1.54) is 10.5 Å². The molecule has 1 aromatic rings. The maximum Gasteiger partial charge on any atom is 0.232 e. The first-order chi connectivity index (χ1) is 12.0. The molecular formula is C20H28N2O3. The number of hydrogen-bond acceptors (Lipinski definition) is 4. The Morgan fingerprint density at radius 2 is 1.88 bits per heavy atom. The molecule has 5 heteroatoms. The van der Waals surface area contributed by atoms with Crippen molar-refractivity contribution in [1.29, 1.82) is 0 Å². The molecule has 1 N–H and O–H groups in total. The summed E-state index contributed by atoms with van der Waals surface area (Å²) in [5, 5.41) is 3.13. The Bertz CT molecular complexity index is 610. The Kier molecular flexibility index (Phi) is 7.16. The van der Waals surface area contributed by atoms with Gasteiger partial charge in [0.25, 0.3) is 0 Å². The normalized spacial score (nSPS) is 17.2. The van der Waals surface area contributed by atoms with E-state index in [0.29, 0.717) is 25.9 Å². The van der Waals surface area contributed by atoms with E-state index in [-0.39, 0.29) is 23.5 Å². The summed E-state index contributed by atoms with van der Waals surface area (Å²) in [5.74, 6) is -0.0111. The Morgan fingerprint density at radius 3 is 2.52 bits per heavy atom. The predicted octanol–water partition coefficient (Wildman–Crippen LogP) is 3.32. The predicted molar refractivity (Wildman–Crippen MR) is 98.3 cm³/mol. The van der Waals surface area contributed by atoms with Crippen LogP contribution in [0.25, 0.3) is 0 Å². The number of benzene rings is 1. The fourth-order valence-corrected chi connectivity index (χ4v) is 3.03. The summed E-state index contributed by atoms with van der Waals surface area (Å²) in [5.41, 5.74) is 2.15. The highest BCUT2D eigenvalue weighted by molar-refractivity contribution is 6.03. The van der Waals surface area contributed by atoms with Crippen LogP contribution in [-0.2, 0) is 14.4 Å². The van der Waals surface area contributed by atoms with Crippen molar-refractivity contribution in [3.63, 3.8) is 0 Å². The number of carbonyl (C=O) groups excluding carboxylic acids is 3. The Balaban J connectivity index is 1.58. The van der Waals surface area contributed by atoms with E-state index in [4.69, 9.17) is 0 Å². The summed E-state index contributed by atoms with van der Waals surface area (Å²) < 4.78 is 0. The highest BCUT2D eigenvalue weighted by atomic mass is 16.2. The summed E-state index contributed by atoms with van der Waals surface area (Å²) in [6.07, 6.45) is 4.03. The van der Waals surface area contributed by atoms with Gasteiger partial charge in [0.15, 0.2) is 5.78 Å². The van der Waals surface area contributed by atoms with E-state index in [1.807, 2.05) is 38.1 Å². The molecule has 1 aromatic carbocycles. The molecular weight excluding hydrogens is 316 g/mol. The van der Waals surface area contributed by atoms with Crippen LogP contribution in [0, 0.1) is 12.8 Å². The average molecular weight is 344 g/mol. The SMILES string of the molecule is CCC1CC(=O)N(CCCCCC(=O)CNc2ccc(C)cc2)C1=O. The van der Waals surface area contributed by atoms with E-state index in [0.717, 1.165) is 31.4 Å². The summed E-state index contributed by atoms with van der Waals surface area (Å²) in [6.45, 7) is 4.80. The molecule has 5 nitrogen and oxygen atoms in total. The second-order valence-electron chi connectivity index (χ2n) is 6.76. The fraction of sp³-hybridized carbons (Fsp3) is 0.550. The van der Waals surface area contributed by atoms with E-state index in [9.17, 15) is 14.4 Å². The average Bonchev–Trinajstić information content (AvgIpc) is 2.88. The summed E-state index contributed by atoms with van der Waals surface area (Å²) in [6, 6.07) is 7.96. The zero-order valence-corrected chi connectivity index (χ0v) is 15.2. The van der Waals surface area contributed by atoms with Crippen LogP contribution >= 0.6 is 0 Å². The molecule has 1 aliphatic rings. The molecule has 0 radical (unpaired) electrons. The molecule has 0 aromatic heterocycles. The summed E-state index contributed by atoms with van der Waals surface area (Å²) in [4.78, 5) is 37.1. The van der Waals surface area contributed by atoms with Gasteiger partial charge < -0.3 is 5.32 Å². The second-order valence-corrected chi connectivity index (χ2v) is 6.76. The lowest BCUT2D eigenvalue weighted by atomic mass is 10.1. The second kappa shape index (κ2) is 9.35. The van der Waals surface area contributed by atoms with Crippen molar-refractivity contribution < 1.29 is 14.4 Å². The van der Waals surface area contributed by atoms with Gasteiger partial charge in [-0.3, -0.25) is 19.3 Å². The van der Waals surface area contributed by atoms with Gasteiger partial charge in [-0.15, -0.1) is 0 Å². The zero-order valence-electron chi connectivity index (χ0n) is 15.2. The smallest absolute Gasteiger partial charge is 0.232 e. The third kappa shape index (κ3) is 5.69. The molecule has 0 spiro atoms. The first kappa shape index (κ1) is 19.2. The molecule has 136 valence electrons. The number of rotatable bonds is 10. The van der Waals surface area contributed by atoms with Crippen molar-refractivity contribution in [3.8, 4) is 0 Å². The number of nitrogens with zero attached hydrogens (tertiary/aromatic N) is 1. The molecule has 1 saturated heterocycles. The van der Waals surface area contributed by atoms with Gasteiger partial charge in [-0.2, -0.15) is 0 Å². The number of Topliss-reactive ketones (excluding diaryl/α,β-unsaturated/α-hetero) is 1. The standard InChI is InChI=1S/C20H28N2O3/c1-3-16-13-19(24)22(20(16)25)12-6-4-5-7-18(23)14-21-17-10-8-15(2)9-11-17/h8-11,16,21H,3-7,12-14H2,1-2H3. The van der Waals surface area contributed by atoms with Gasteiger partial charge in [-0.05, 0) is 38.3 Å². The van der Waals surface area contributed by atoms with Gasteiger partial charge in [0.2, 0.25) is 11.8 Å². The quantitative estimate of drug-likeness (QED) is 0.522. The van der Waals surface area contributed by atoms with E-state index >= 15 is 0 Å². The van der Waals surface area contributed by atoms with Gasteiger partial charge in [0.05, 0.1) is 6.54 Å². The van der Waals surface area contributed by atoms with Crippen LogP contribution < -0.4 is 5.32 Å². The highest BCUT2D eigenvalue weighted by Crippen LogP contribution is 2.22. The number of nitrogens with one attached hydrogen (secondary N) is 1. The van der Waals surface area contributed by atoms with Gasteiger partial charge in [0, 0.05) is 31.0 Å². The molecule has 25 heavy (non-hydrogen) atoms. The first-order valence-corrected chi connectivity index (χ1v) is 9.17. The van der Waals surface area contributed by atoms with Crippen molar-refractivity contribution in [3.05, 3.63) is 29.8 Å². The summed E-state index contributed by atoms with van der Waals surface area (Å²) in [7, 11) is 0.